The van der Waals surface area contributed by atoms with Gasteiger partial charge in [-0.3, -0.25) is 9.48 Å². The van der Waals surface area contributed by atoms with Crippen molar-refractivity contribution in [2.24, 2.45) is 23.9 Å². The van der Waals surface area contributed by atoms with Crippen molar-refractivity contribution in [3.8, 4) is 10.9 Å². The summed E-state index contributed by atoms with van der Waals surface area (Å²) in [6.07, 6.45) is 5.77. The molecular formula is C25H34F3N5O3S. The largest absolute Gasteiger partial charge is 0.480 e. The van der Waals surface area contributed by atoms with E-state index in [4.69, 9.17) is 9.47 Å². The zero-order chi connectivity index (χ0) is 26.4. The summed E-state index contributed by atoms with van der Waals surface area (Å²) < 4.78 is 50.3. The molecule has 0 unspecified atom stereocenters. The zero-order valence-electron chi connectivity index (χ0n) is 21.2. The van der Waals surface area contributed by atoms with Gasteiger partial charge in [0.15, 0.2) is 18.5 Å². The summed E-state index contributed by atoms with van der Waals surface area (Å²) in [4.78, 5) is 23.9. The number of nitrogens with zero attached hydrogens (tertiary/aromatic N) is 5. The molecule has 0 bridgehead atoms. The molecule has 1 amide bonds. The summed E-state index contributed by atoms with van der Waals surface area (Å²) in [5, 5.41) is 4.11. The summed E-state index contributed by atoms with van der Waals surface area (Å²) in [6.45, 7) is 3.67. The molecule has 2 aliphatic rings. The van der Waals surface area contributed by atoms with E-state index >= 15 is 0 Å². The number of aromatic nitrogens is 3. The van der Waals surface area contributed by atoms with E-state index < -0.39 is 12.3 Å². The standard InChI is InChI=1S/C25H34F3N5O3S/c1-17(25(26,27)28)36-24-31-21-8-11-33(12-9-22(21)37-24)10-7-18-3-5-19(6-4-18)13-29-23(34)16-35-20-14-30-32(2)15-20/h13-15,17-19H,3-12,16H2,1-2H3/t17-,18?,19?/m1/s1. The van der Waals surface area contributed by atoms with Gasteiger partial charge in [-0.2, -0.15) is 18.3 Å². The second-order valence-electron chi connectivity index (χ2n) is 9.87. The zero-order valence-corrected chi connectivity index (χ0v) is 22.1. The molecule has 3 heterocycles. The number of hydrogen-bond donors (Lipinski definition) is 0. The van der Waals surface area contributed by atoms with E-state index in [0.29, 0.717) is 17.6 Å². The van der Waals surface area contributed by atoms with Crippen LogP contribution >= 0.6 is 11.3 Å². The van der Waals surface area contributed by atoms with Crippen LogP contribution < -0.4 is 9.47 Å². The highest BCUT2D eigenvalue weighted by molar-refractivity contribution is 7.13. The van der Waals surface area contributed by atoms with Crippen LogP contribution in [0.4, 0.5) is 13.2 Å². The predicted octanol–water partition coefficient (Wildman–Crippen LogP) is 4.48. The molecule has 1 atom stereocenters. The number of alkyl halides is 3. The Labute approximate surface area is 218 Å². The van der Waals surface area contributed by atoms with Crippen LogP contribution in [0.1, 0.15) is 49.6 Å². The summed E-state index contributed by atoms with van der Waals surface area (Å²) in [7, 11) is 1.78. The number of aryl methyl sites for hydroxylation is 1. The number of ether oxygens (including phenoxy) is 2. The second-order valence-corrected chi connectivity index (χ2v) is 10.9. The Balaban J connectivity index is 1.12. The van der Waals surface area contributed by atoms with Crippen LogP contribution in [0.2, 0.25) is 0 Å². The first kappa shape index (κ1) is 27.6. The lowest BCUT2D eigenvalue weighted by molar-refractivity contribution is -0.189. The second kappa shape index (κ2) is 12.4. The Bertz CT molecular complexity index is 1040. The molecule has 12 heteroatoms. The molecule has 1 fully saturated rings. The van der Waals surface area contributed by atoms with E-state index in [1.807, 2.05) is 0 Å². The Kier molecular flexibility index (Phi) is 9.22. The van der Waals surface area contributed by atoms with Gasteiger partial charge >= 0.3 is 6.18 Å². The highest BCUT2D eigenvalue weighted by atomic mass is 32.1. The van der Waals surface area contributed by atoms with Gasteiger partial charge in [-0.1, -0.05) is 11.3 Å². The number of carbonyl (C=O) groups excluding carboxylic acids is 1. The van der Waals surface area contributed by atoms with E-state index in [9.17, 15) is 18.0 Å². The SMILES string of the molecule is C[C@@H](Oc1nc2c(s1)CCN(CCC1CCC(C=NC(=O)COc3cnn(C)c3)CC1)CC2)C(F)(F)F. The molecule has 0 aromatic carbocycles. The van der Waals surface area contributed by atoms with Crippen LogP contribution in [0.3, 0.4) is 0 Å². The average Bonchev–Trinajstić information content (AvgIpc) is 3.40. The Morgan fingerprint density at radius 1 is 1.27 bits per heavy atom. The highest BCUT2D eigenvalue weighted by Crippen LogP contribution is 2.33. The molecule has 0 N–H and O–H groups in total. The van der Waals surface area contributed by atoms with Gasteiger partial charge in [0.05, 0.1) is 18.1 Å². The molecule has 204 valence electrons. The third-order valence-electron chi connectivity index (χ3n) is 7.03. The molecule has 1 aliphatic heterocycles. The van der Waals surface area contributed by atoms with Crippen molar-refractivity contribution in [2.75, 3.05) is 26.2 Å². The number of thiazole rings is 1. The van der Waals surface area contributed by atoms with E-state index in [-0.39, 0.29) is 17.7 Å². The Morgan fingerprint density at radius 2 is 2.03 bits per heavy atom. The number of fused-ring (bicyclic) bond motifs is 1. The van der Waals surface area contributed by atoms with Gasteiger partial charge in [0, 0.05) is 37.6 Å². The molecule has 0 saturated heterocycles. The van der Waals surface area contributed by atoms with Crippen LogP contribution in [-0.4, -0.2) is 70.3 Å². The van der Waals surface area contributed by atoms with Gasteiger partial charge in [0.2, 0.25) is 0 Å². The number of hydrogen-bond acceptors (Lipinski definition) is 7. The number of halogens is 3. The lowest BCUT2D eigenvalue weighted by atomic mass is 9.81. The fourth-order valence-corrected chi connectivity index (χ4v) is 5.73. The molecular weight excluding hydrogens is 507 g/mol. The van der Waals surface area contributed by atoms with Crippen molar-refractivity contribution in [1.29, 1.82) is 0 Å². The Hall–Kier alpha value is -2.47. The molecule has 1 saturated carbocycles. The molecule has 0 spiro atoms. The van der Waals surface area contributed by atoms with Crippen molar-refractivity contribution in [3.63, 3.8) is 0 Å². The van der Waals surface area contributed by atoms with Gasteiger partial charge in [-0.05, 0) is 63.8 Å². The molecule has 1 aliphatic carbocycles. The van der Waals surface area contributed by atoms with E-state index in [2.05, 4.69) is 20.0 Å². The van der Waals surface area contributed by atoms with Crippen LogP contribution in [0.25, 0.3) is 0 Å². The first-order valence-corrected chi connectivity index (χ1v) is 13.6. The smallest absolute Gasteiger partial charge is 0.425 e. The van der Waals surface area contributed by atoms with Crippen LogP contribution in [0.5, 0.6) is 10.9 Å². The third kappa shape index (κ3) is 8.26. The van der Waals surface area contributed by atoms with E-state index in [0.717, 1.165) is 82.1 Å². The predicted molar refractivity (Wildman–Crippen MR) is 134 cm³/mol. The lowest BCUT2D eigenvalue weighted by Crippen LogP contribution is -2.31. The molecule has 8 nitrogen and oxygen atoms in total. The topological polar surface area (TPSA) is 81.8 Å². The number of carbonyl (C=O) groups is 1. The summed E-state index contributed by atoms with van der Waals surface area (Å²) >= 11 is 1.24. The van der Waals surface area contributed by atoms with Crippen molar-refractivity contribution in [3.05, 3.63) is 23.0 Å². The van der Waals surface area contributed by atoms with Gasteiger partial charge in [0.1, 0.15) is 0 Å². The van der Waals surface area contributed by atoms with Gasteiger partial charge in [-0.15, -0.1) is 0 Å². The minimum Gasteiger partial charge on any atom is -0.480 e. The van der Waals surface area contributed by atoms with Crippen LogP contribution in [0.15, 0.2) is 17.4 Å². The maximum atomic E-state index is 12.8. The van der Waals surface area contributed by atoms with Crippen molar-refractivity contribution in [1.82, 2.24) is 19.7 Å². The Morgan fingerprint density at radius 3 is 2.73 bits per heavy atom. The number of rotatable bonds is 9. The first-order valence-electron chi connectivity index (χ1n) is 12.8. The quantitative estimate of drug-likeness (QED) is 0.436. The lowest BCUT2D eigenvalue weighted by Gasteiger charge is -2.28. The van der Waals surface area contributed by atoms with Crippen LogP contribution in [0, 0.1) is 11.8 Å². The number of amides is 1. The van der Waals surface area contributed by atoms with E-state index in [1.165, 1.54) is 11.3 Å². The number of aliphatic imine (C=N–C) groups is 1. The summed E-state index contributed by atoms with van der Waals surface area (Å²) in [5.74, 6) is 1.25. The van der Waals surface area contributed by atoms with Crippen molar-refractivity contribution < 1.29 is 27.4 Å². The van der Waals surface area contributed by atoms with Crippen LogP contribution in [-0.2, 0) is 24.7 Å². The molecule has 37 heavy (non-hydrogen) atoms. The fourth-order valence-electron chi connectivity index (χ4n) is 4.71. The molecule has 0 radical (unpaired) electrons. The highest BCUT2D eigenvalue weighted by Gasteiger charge is 2.39. The third-order valence-corrected chi connectivity index (χ3v) is 8.08. The van der Waals surface area contributed by atoms with Gasteiger partial charge in [0.25, 0.3) is 11.1 Å². The first-order chi connectivity index (χ1) is 17.7. The fraction of sp³-hybridized carbons (Fsp3) is 0.680. The summed E-state index contributed by atoms with van der Waals surface area (Å²) in [5.41, 5.74) is 0.872. The minimum atomic E-state index is -4.39. The molecule has 4 rings (SSSR count). The normalized spacial score (nSPS) is 22.0. The minimum absolute atomic E-state index is 0.0868. The summed E-state index contributed by atoms with van der Waals surface area (Å²) in [6, 6.07) is 0. The van der Waals surface area contributed by atoms with E-state index in [1.54, 1.807) is 30.3 Å². The van der Waals surface area contributed by atoms with Gasteiger partial charge < -0.3 is 14.4 Å². The maximum Gasteiger partial charge on any atom is 0.425 e. The van der Waals surface area contributed by atoms with Gasteiger partial charge in [-0.25, -0.2) is 9.98 Å². The van der Waals surface area contributed by atoms with Crippen molar-refractivity contribution in [2.45, 2.75) is 64.1 Å². The van der Waals surface area contributed by atoms with Crippen molar-refractivity contribution >= 4 is 23.5 Å². The monoisotopic (exact) mass is 541 g/mol. The maximum absolute atomic E-state index is 12.8. The molecule has 2 aromatic heterocycles. The molecule has 2 aromatic rings. The average molecular weight is 542 g/mol.